The first kappa shape index (κ1) is 17.1. The molecule has 1 saturated carbocycles. The van der Waals surface area contributed by atoms with Gasteiger partial charge in [0.15, 0.2) is 11.6 Å². The molecular formula is C22H26F2. The van der Waals surface area contributed by atoms with Gasteiger partial charge in [-0.3, -0.25) is 0 Å². The van der Waals surface area contributed by atoms with Gasteiger partial charge in [0.25, 0.3) is 0 Å². The zero-order valence-electron chi connectivity index (χ0n) is 14.6. The second-order valence-corrected chi connectivity index (χ2v) is 7.37. The molecular weight excluding hydrogens is 302 g/mol. The highest BCUT2D eigenvalue weighted by molar-refractivity contribution is 5.29. The number of benzene rings is 2. The molecule has 0 N–H and O–H groups in total. The first-order chi connectivity index (χ1) is 11.5. The molecule has 24 heavy (non-hydrogen) atoms. The largest absolute Gasteiger partial charge is 0.203 e. The Kier molecular flexibility index (Phi) is 5.33. The maximum atomic E-state index is 13.9. The third kappa shape index (κ3) is 3.85. The normalized spacial score (nSPS) is 21.0. The Morgan fingerprint density at radius 2 is 1.50 bits per heavy atom. The molecule has 0 heterocycles. The Labute approximate surface area is 143 Å². The van der Waals surface area contributed by atoms with Crippen LogP contribution in [-0.4, -0.2) is 0 Å². The van der Waals surface area contributed by atoms with Crippen LogP contribution in [-0.2, 0) is 12.8 Å². The summed E-state index contributed by atoms with van der Waals surface area (Å²) >= 11 is 0. The summed E-state index contributed by atoms with van der Waals surface area (Å²) in [5.41, 5.74) is 3.44. The van der Waals surface area contributed by atoms with Gasteiger partial charge < -0.3 is 0 Å². The summed E-state index contributed by atoms with van der Waals surface area (Å²) in [5, 5.41) is 0. The highest BCUT2D eigenvalue weighted by Crippen LogP contribution is 2.35. The predicted molar refractivity (Wildman–Crippen MR) is 95.3 cm³/mol. The Morgan fingerprint density at radius 3 is 2.17 bits per heavy atom. The van der Waals surface area contributed by atoms with Gasteiger partial charge in [0.05, 0.1) is 0 Å². The van der Waals surface area contributed by atoms with E-state index in [1.54, 1.807) is 19.1 Å². The topological polar surface area (TPSA) is 0 Å². The van der Waals surface area contributed by atoms with E-state index >= 15 is 0 Å². The molecule has 3 rings (SSSR count). The maximum Gasteiger partial charge on any atom is 0.162 e. The van der Waals surface area contributed by atoms with Crippen molar-refractivity contribution in [3.63, 3.8) is 0 Å². The summed E-state index contributed by atoms with van der Waals surface area (Å²) in [6, 6.07) is 12.1. The molecule has 1 fully saturated rings. The molecule has 0 atom stereocenters. The lowest BCUT2D eigenvalue weighted by atomic mass is 9.79. The summed E-state index contributed by atoms with van der Waals surface area (Å²) in [4.78, 5) is 0. The quantitative estimate of drug-likeness (QED) is 0.613. The van der Waals surface area contributed by atoms with E-state index in [-0.39, 0.29) is 0 Å². The van der Waals surface area contributed by atoms with Crippen LogP contribution in [0.4, 0.5) is 8.78 Å². The Morgan fingerprint density at radius 1 is 0.833 bits per heavy atom. The number of hydrogen-bond donors (Lipinski definition) is 0. The molecule has 2 aromatic rings. The molecule has 0 saturated heterocycles. The first-order valence-corrected chi connectivity index (χ1v) is 9.07. The van der Waals surface area contributed by atoms with Crippen molar-refractivity contribution in [3.05, 3.63) is 70.3 Å². The molecule has 0 radical (unpaired) electrons. The molecule has 2 heteroatoms. The molecule has 128 valence electrons. The Balaban J connectivity index is 1.61. The minimum Gasteiger partial charge on any atom is -0.203 e. The van der Waals surface area contributed by atoms with Crippen molar-refractivity contribution >= 4 is 0 Å². The summed E-state index contributed by atoms with van der Waals surface area (Å²) < 4.78 is 27.6. The second kappa shape index (κ2) is 7.46. The van der Waals surface area contributed by atoms with Crippen LogP contribution in [0.25, 0.3) is 0 Å². The number of rotatable bonds is 4. The van der Waals surface area contributed by atoms with Crippen molar-refractivity contribution in [1.29, 1.82) is 0 Å². The zero-order chi connectivity index (χ0) is 17.1. The van der Waals surface area contributed by atoms with Crippen LogP contribution in [0, 0.1) is 24.5 Å². The van der Waals surface area contributed by atoms with E-state index in [0.717, 1.165) is 12.3 Å². The molecule has 0 amide bonds. The fourth-order valence-electron chi connectivity index (χ4n) is 3.71. The molecule has 1 aliphatic rings. The van der Waals surface area contributed by atoms with Gasteiger partial charge in [0.2, 0.25) is 0 Å². The van der Waals surface area contributed by atoms with E-state index in [1.165, 1.54) is 36.8 Å². The van der Waals surface area contributed by atoms with Crippen LogP contribution in [0.1, 0.15) is 60.8 Å². The average Bonchev–Trinajstić information content (AvgIpc) is 2.60. The lowest BCUT2D eigenvalue weighted by molar-refractivity contribution is 0.348. The minimum absolute atomic E-state index is 0.363. The number of aryl methyl sites for hydroxylation is 3. The molecule has 0 nitrogen and oxygen atoms in total. The molecule has 1 aliphatic carbocycles. The van der Waals surface area contributed by atoms with Crippen LogP contribution in [0.3, 0.4) is 0 Å². The Hall–Kier alpha value is -1.70. The predicted octanol–water partition coefficient (Wildman–Crippen LogP) is 6.35. The van der Waals surface area contributed by atoms with Crippen molar-refractivity contribution in [3.8, 4) is 0 Å². The van der Waals surface area contributed by atoms with Gasteiger partial charge >= 0.3 is 0 Å². The minimum atomic E-state index is -0.714. The van der Waals surface area contributed by atoms with Gasteiger partial charge in [0, 0.05) is 0 Å². The first-order valence-electron chi connectivity index (χ1n) is 9.07. The summed E-state index contributed by atoms with van der Waals surface area (Å²) in [7, 11) is 0. The van der Waals surface area contributed by atoms with Crippen molar-refractivity contribution in [2.45, 2.75) is 58.3 Å². The van der Waals surface area contributed by atoms with Crippen molar-refractivity contribution in [1.82, 2.24) is 0 Å². The fraction of sp³-hybridized carbons (Fsp3) is 0.455. The zero-order valence-corrected chi connectivity index (χ0v) is 14.6. The van der Waals surface area contributed by atoms with Gasteiger partial charge in [-0.25, -0.2) is 8.78 Å². The monoisotopic (exact) mass is 328 g/mol. The van der Waals surface area contributed by atoms with Crippen molar-refractivity contribution < 1.29 is 8.78 Å². The highest BCUT2D eigenvalue weighted by Gasteiger charge is 2.19. The lowest BCUT2D eigenvalue weighted by Gasteiger charge is -2.26. The molecule has 0 bridgehead atoms. The van der Waals surface area contributed by atoms with Crippen molar-refractivity contribution in [2.75, 3.05) is 0 Å². The summed E-state index contributed by atoms with van der Waals surface area (Å²) in [6.07, 6.45) is 6.49. The van der Waals surface area contributed by atoms with Gasteiger partial charge in [0.1, 0.15) is 0 Å². The molecule has 0 unspecified atom stereocenters. The van der Waals surface area contributed by atoms with Crippen LogP contribution in [0.2, 0.25) is 0 Å². The molecule has 0 aliphatic heterocycles. The van der Waals surface area contributed by atoms with E-state index in [9.17, 15) is 8.78 Å². The van der Waals surface area contributed by atoms with Crippen LogP contribution in [0.5, 0.6) is 0 Å². The molecule has 0 spiro atoms. The van der Waals surface area contributed by atoms with E-state index in [1.807, 2.05) is 0 Å². The van der Waals surface area contributed by atoms with E-state index < -0.39 is 11.6 Å². The molecule has 2 aromatic carbocycles. The van der Waals surface area contributed by atoms with Gasteiger partial charge in [-0.05, 0) is 66.7 Å². The van der Waals surface area contributed by atoms with E-state index in [2.05, 4.69) is 31.2 Å². The Bertz CT molecular complexity index is 680. The SMILES string of the molecule is Cc1ccc(CCc2ccc(C3CCC(C)CC3)cc2)c(F)c1F. The number of hydrogen-bond acceptors (Lipinski definition) is 0. The van der Waals surface area contributed by atoms with Crippen LogP contribution in [0.15, 0.2) is 36.4 Å². The lowest BCUT2D eigenvalue weighted by Crippen LogP contribution is -2.10. The smallest absolute Gasteiger partial charge is 0.162 e. The summed E-state index contributed by atoms with van der Waals surface area (Å²) in [6.45, 7) is 3.93. The van der Waals surface area contributed by atoms with Crippen molar-refractivity contribution in [2.24, 2.45) is 5.92 Å². The van der Waals surface area contributed by atoms with Crippen LogP contribution >= 0.6 is 0 Å². The second-order valence-electron chi connectivity index (χ2n) is 7.37. The third-order valence-electron chi connectivity index (χ3n) is 5.51. The van der Waals surface area contributed by atoms with Gasteiger partial charge in [-0.2, -0.15) is 0 Å². The average molecular weight is 328 g/mol. The number of halogens is 2. The highest BCUT2D eigenvalue weighted by atomic mass is 19.2. The molecule has 0 aromatic heterocycles. The third-order valence-corrected chi connectivity index (χ3v) is 5.51. The fourth-order valence-corrected chi connectivity index (χ4v) is 3.71. The maximum absolute atomic E-state index is 13.9. The van der Waals surface area contributed by atoms with Crippen LogP contribution < -0.4 is 0 Å². The summed E-state index contributed by atoms with van der Waals surface area (Å²) in [5.74, 6) is 0.154. The van der Waals surface area contributed by atoms with E-state index in [0.29, 0.717) is 23.5 Å². The van der Waals surface area contributed by atoms with Gasteiger partial charge in [-0.15, -0.1) is 0 Å². The van der Waals surface area contributed by atoms with E-state index in [4.69, 9.17) is 0 Å². The standard InChI is InChI=1S/C22H26F2/c1-15-3-9-18(10-4-15)19-12-6-17(7-13-19)8-14-20-11-5-16(2)21(23)22(20)24/h5-7,11-13,15,18H,3-4,8-10,14H2,1-2H3. The van der Waals surface area contributed by atoms with Gasteiger partial charge in [-0.1, -0.05) is 56.2 Å².